The molecular weight excluding hydrogens is 305 g/mol. The van der Waals surface area contributed by atoms with Crippen molar-refractivity contribution in [2.24, 2.45) is 4.99 Å². The van der Waals surface area contributed by atoms with E-state index in [1.807, 2.05) is 13.0 Å². The lowest BCUT2D eigenvalue weighted by atomic mass is 10.1. The first-order valence-electron chi connectivity index (χ1n) is 7.48. The second kappa shape index (κ2) is 7.58. The van der Waals surface area contributed by atoms with Crippen LogP contribution in [0.2, 0.25) is 0 Å². The minimum absolute atomic E-state index is 0.0861. The van der Waals surface area contributed by atoms with Crippen molar-refractivity contribution in [2.45, 2.75) is 25.8 Å². The molecule has 1 heterocycles. The SMILES string of the molecule is CCNC(=NCCc1cccc(F)c1)NC1CCS(=O)(=O)C1. The summed E-state index contributed by atoms with van der Waals surface area (Å²) < 4.78 is 36.1. The number of rotatable bonds is 5. The summed E-state index contributed by atoms with van der Waals surface area (Å²) in [4.78, 5) is 4.43. The van der Waals surface area contributed by atoms with E-state index in [1.54, 1.807) is 6.07 Å². The average molecular weight is 327 g/mol. The van der Waals surface area contributed by atoms with Gasteiger partial charge in [0.05, 0.1) is 11.5 Å². The summed E-state index contributed by atoms with van der Waals surface area (Å²) in [5.74, 6) is 0.748. The zero-order valence-electron chi connectivity index (χ0n) is 12.7. The third kappa shape index (κ3) is 5.29. The molecular formula is C15H22FN3O2S. The summed E-state index contributed by atoms with van der Waals surface area (Å²) in [6.07, 6.45) is 1.24. The fraction of sp³-hybridized carbons (Fsp3) is 0.533. The molecule has 1 saturated heterocycles. The summed E-state index contributed by atoms with van der Waals surface area (Å²) in [5.41, 5.74) is 0.892. The molecule has 2 N–H and O–H groups in total. The summed E-state index contributed by atoms with van der Waals surface area (Å²) >= 11 is 0. The van der Waals surface area contributed by atoms with Crippen LogP contribution < -0.4 is 10.6 Å². The average Bonchev–Trinajstić information content (AvgIpc) is 2.78. The molecule has 0 aromatic heterocycles. The highest BCUT2D eigenvalue weighted by Crippen LogP contribution is 2.11. The van der Waals surface area contributed by atoms with E-state index in [0.717, 1.165) is 5.56 Å². The van der Waals surface area contributed by atoms with Gasteiger partial charge in [-0.1, -0.05) is 12.1 Å². The zero-order valence-corrected chi connectivity index (χ0v) is 13.5. The standard InChI is InChI=1S/C15H22FN3O2S/c1-2-17-15(19-14-7-9-22(20,21)11-14)18-8-6-12-4-3-5-13(16)10-12/h3-5,10,14H,2,6-9,11H2,1H3,(H2,17,18,19). The molecule has 5 nitrogen and oxygen atoms in total. The molecule has 1 unspecified atom stereocenters. The number of nitrogens with zero attached hydrogens (tertiary/aromatic N) is 1. The van der Waals surface area contributed by atoms with Crippen LogP contribution in [0.5, 0.6) is 0 Å². The van der Waals surface area contributed by atoms with Crippen LogP contribution in [0.4, 0.5) is 4.39 Å². The number of hydrogen-bond acceptors (Lipinski definition) is 3. The van der Waals surface area contributed by atoms with Gasteiger partial charge in [0.15, 0.2) is 15.8 Å². The van der Waals surface area contributed by atoms with Gasteiger partial charge in [0.25, 0.3) is 0 Å². The normalized spacial score (nSPS) is 20.8. The molecule has 22 heavy (non-hydrogen) atoms. The largest absolute Gasteiger partial charge is 0.357 e. The lowest BCUT2D eigenvalue weighted by molar-refractivity contribution is 0.599. The molecule has 2 rings (SSSR count). The van der Waals surface area contributed by atoms with Crippen LogP contribution in [0, 0.1) is 5.82 Å². The van der Waals surface area contributed by atoms with Crippen LogP contribution in [0.15, 0.2) is 29.3 Å². The van der Waals surface area contributed by atoms with Crippen molar-refractivity contribution < 1.29 is 12.8 Å². The number of guanidine groups is 1. The highest BCUT2D eigenvalue weighted by atomic mass is 32.2. The summed E-state index contributed by atoms with van der Waals surface area (Å²) in [6, 6.07) is 6.37. The van der Waals surface area contributed by atoms with Gasteiger partial charge in [0.1, 0.15) is 5.82 Å². The molecule has 0 bridgehead atoms. The predicted octanol–water partition coefficient (Wildman–Crippen LogP) is 1.11. The van der Waals surface area contributed by atoms with Gasteiger partial charge in [0, 0.05) is 19.1 Å². The number of aliphatic imine (C=N–C) groups is 1. The number of benzene rings is 1. The van der Waals surface area contributed by atoms with E-state index >= 15 is 0 Å². The van der Waals surface area contributed by atoms with E-state index in [9.17, 15) is 12.8 Å². The second-order valence-electron chi connectivity index (χ2n) is 5.38. The summed E-state index contributed by atoms with van der Waals surface area (Å²) in [7, 11) is -2.91. The maximum atomic E-state index is 13.1. The Hall–Kier alpha value is -1.63. The number of halogens is 1. The van der Waals surface area contributed by atoms with Crippen LogP contribution in [0.25, 0.3) is 0 Å². The van der Waals surface area contributed by atoms with Crippen molar-refractivity contribution in [3.8, 4) is 0 Å². The van der Waals surface area contributed by atoms with E-state index in [0.29, 0.717) is 31.9 Å². The smallest absolute Gasteiger partial charge is 0.191 e. The summed E-state index contributed by atoms with van der Waals surface area (Å²) in [6.45, 7) is 3.17. The van der Waals surface area contributed by atoms with Gasteiger partial charge in [-0.15, -0.1) is 0 Å². The van der Waals surface area contributed by atoms with Crippen molar-refractivity contribution in [3.63, 3.8) is 0 Å². The maximum Gasteiger partial charge on any atom is 0.191 e. The first kappa shape index (κ1) is 16.7. The van der Waals surface area contributed by atoms with Crippen molar-refractivity contribution >= 4 is 15.8 Å². The van der Waals surface area contributed by atoms with Crippen molar-refractivity contribution in [1.29, 1.82) is 0 Å². The molecule has 1 fully saturated rings. The van der Waals surface area contributed by atoms with E-state index in [2.05, 4.69) is 15.6 Å². The highest BCUT2D eigenvalue weighted by molar-refractivity contribution is 7.91. The third-order valence-electron chi connectivity index (χ3n) is 3.48. The molecule has 1 aromatic rings. The van der Waals surface area contributed by atoms with Gasteiger partial charge in [0.2, 0.25) is 0 Å². The Balaban J connectivity index is 1.90. The first-order chi connectivity index (χ1) is 10.5. The second-order valence-corrected chi connectivity index (χ2v) is 7.61. The lowest BCUT2D eigenvalue weighted by Crippen LogP contribution is -2.44. The van der Waals surface area contributed by atoms with Crippen LogP contribution in [0.3, 0.4) is 0 Å². The topological polar surface area (TPSA) is 70.6 Å². The molecule has 0 radical (unpaired) electrons. The van der Waals surface area contributed by atoms with Gasteiger partial charge in [-0.25, -0.2) is 12.8 Å². The van der Waals surface area contributed by atoms with Crippen LogP contribution in [-0.4, -0.2) is 45.0 Å². The molecule has 122 valence electrons. The maximum absolute atomic E-state index is 13.1. The van der Waals surface area contributed by atoms with E-state index < -0.39 is 9.84 Å². The molecule has 1 aliphatic rings. The quantitative estimate of drug-likeness (QED) is 0.628. The van der Waals surface area contributed by atoms with Crippen molar-refractivity contribution in [2.75, 3.05) is 24.6 Å². The monoisotopic (exact) mass is 327 g/mol. The van der Waals surface area contributed by atoms with E-state index in [4.69, 9.17) is 0 Å². The third-order valence-corrected chi connectivity index (χ3v) is 5.24. The van der Waals surface area contributed by atoms with E-state index in [-0.39, 0.29) is 23.4 Å². The Labute approximate surface area is 130 Å². The molecule has 1 aliphatic heterocycles. The molecule has 7 heteroatoms. The van der Waals surface area contributed by atoms with Crippen LogP contribution in [-0.2, 0) is 16.3 Å². The zero-order chi connectivity index (χ0) is 16.0. The van der Waals surface area contributed by atoms with Gasteiger partial charge in [-0.05, 0) is 37.5 Å². The Morgan fingerprint density at radius 2 is 2.27 bits per heavy atom. The lowest BCUT2D eigenvalue weighted by Gasteiger charge is -2.15. The predicted molar refractivity (Wildman–Crippen MR) is 86.3 cm³/mol. The Kier molecular flexibility index (Phi) is 5.76. The Morgan fingerprint density at radius 1 is 1.45 bits per heavy atom. The Morgan fingerprint density at radius 3 is 2.91 bits per heavy atom. The molecule has 0 saturated carbocycles. The number of sulfone groups is 1. The minimum Gasteiger partial charge on any atom is -0.357 e. The van der Waals surface area contributed by atoms with Gasteiger partial charge < -0.3 is 10.6 Å². The van der Waals surface area contributed by atoms with Gasteiger partial charge >= 0.3 is 0 Å². The molecule has 0 spiro atoms. The summed E-state index contributed by atoms with van der Waals surface area (Å²) in [5, 5.41) is 6.26. The molecule has 0 amide bonds. The Bertz CT molecular complexity index is 631. The minimum atomic E-state index is -2.91. The van der Waals surface area contributed by atoms with Crippen molar-refractivity contribution in [1.82, 2.24) is 10.6 Å². The highest BCUT2D eigenvalue weighted by Gasteiger charge is 2.28. The van der Waals surface area contributed by atoms with Gasteiger partial charge in [-0.3, -0.25) is 4.99 Å². The van der Waals surface area contributed by atoms with E-state index in [1.165, 1.54) is 12.1 Å². The fourth-order valence-corrected chi connectivity index (χ4v) is 4.08. The molecule has 0 aliphatic carbocycles. The molecule has 1 atom stereocenters. The van der Waals surface area contributed by atoms with Crippen LogP contribution >= 0.6 is 0 Å². The van der Waals surface area contributed by atoms with Gasteiger partial charge in [-0.2, -0.15) is 0 Å². The van der Waals surface area contributed by atoms with Crippen molar-refractivity contribution in [3.05, 3.63) is 35.6 Å². The number of hydrogen-bond donors (Lipinski definition) is 2. The first-order valence-corrected chi connectivity index (χ1v) is 9.30. The molecule has 1 aromatic carbocycles. The fourth-order valence-electron chi connectivity index (χ4n) is 2.41. The number of nitrogens with one attached hydrogen (secondary N) is 2. The van der Waals surface area contributed by atoms with Crippen LogP contribution in [0.1, 0.15) is 18.9 Å².